The number of anilines is 5. The third-order valence-electron chi connectivity index (χ3n) is 24.0. The standard InChI is InChI=1S/C30H23N3O.C28H25N3O.C26H27N3O.C23H23N3O.C20H17N3O/c34-29(20-23-15-17-24-11-7-8-14-26(24)19-23)33-30-27(18-16-22-9-3-1-4-10-22)32-28(21-31-30)25-12-5-2-6-13-25;32-27(18-10-15-22-11-4-1-5-12-22)31-28-25(20-19-23-13-6-2-7-14-23)30-26(21-29-28)24-16-8-3-9-17-24;30-25(18-21-12-6-2-7-13-21)29-26-23(17-16-20-10-4-1-5-11-20)28-24(19-27-26)22-14-8-3-9-15-22;1-3-17(2)23(27)26-22-20(15-14-18-10-6-4-7-11-18)25-21(16-24-22)19-12-8-5-9-13-19;1-15(24)22-20-18(13-12-16-8-4-2-5-9-16)23-19(14-21-20)17-10-6-3-7-11-17/h1-19,21H,20H2,(H,31,33,34);1-9,11-14,16-17,19-21H,10,15,18H2,(H,29,31,32);1,3-5,8-11,14-17,19,21H,2,6-7,12-13,18H2,(H,27,29,30);4-17H,3H2,1-2H3,(H,24,26,27);2-14H,1H3,(H,21,22,24)/b18-16+;20-19+;17-16+;15-14+;13-12+. The van der Waals surface area contributed by atoms with Crippen LogP contribution in [0, 0.1) is 11.8 Å². The zero-order valence-corrected chi connectivity index (χ0v) is 82.4. The zero-order chi connectivity index (χ0) is 102. The largest absolute Gasteiger partial charge is 0.309 e. The molecule has 13 aromatic carbocycles. The van der Waals surface area contributed by atoms with Gasteiger partial charge in [0.2, 0.25) is 29.5 Å². The Labute approximate surface area is 859 Å². The molecule has 1 saturated carbocycles. The summed E-state index contributed by atoms with van der Waals surface area (Å²) in [5.74, 6) is 2.38. The molecule has 1 unspecified atom stereocenters. The van der Waals surface area contributed by atoms with Gasteiger partial charge in [-0.15, -0.1) is 0 Å². The Balaban J connectivity index is 0.000000138. The van der Waals surface area contributed by atoms with Crippen molar-refractivity contribution in [3.05, 3.63) is 475 Å². The zero-order valence-electron chi connectivity index (χ0n) is 82.4. The number of aromatic nitrogens is 10. The van der Waals surface area contributed by atoms with Crippen molar-refractivity contribution in [2.75, 3.05) is 26.6 Å². The number of benzene rings is 13. The van der Waals surface area contributed by atoms with Crippen molar-refractivity contribution in [3.63, 3.8) is 0 Å². The predicted octanol–water partition coefficient (Wildman–Crippen LogP) is 28.7. The fourth-order valence-electron chi connectivity index (χ4n) is 15.9. The molecule has 18 aromatic rings. The molecule has 5 amide bonds. The lowest BCUT2D eigenvalue weighted by Gasteiger charge is -2.20. The molecule has 1 atom stereocenters. The van der Waals surface area contributed by atoms with E-state index in [0.29, 0.717) is 76.3 Å². The minimum absolute atomic E-state index is 0.0259. The summed E-state index contributed by atoms with van der Waals surface area (Å²) in [5.41, 5.74) is 19.4. The Morgan fingerprint density at radius 1 is 0.299 bits per heavy atom. The van der Waals surface area contributed by atoms with Crippen LogP contribution >= 0.6 is 0 Å². The average molecular weight is 1930 g/mol. The van der Waals surface area contributed by atoms with E-state index in [1.165, 1.54) is 31.7 Å². The van der Waals surface area contributed by atoms with Crippen LogP contribution < -0.4 is 26.6 Å². The summed E-state index contributed by atoms with van der Waals surface area (Å²) in [4.78, 5) is 108. The monoisotopic (exact) mass is 1930 g/mol. The van der Waals surface area contributed by atoms with Crippen LogP contribution in [0.2, 0.25) is 0 Å². The van der Waals surface area contributed by atoms with Crippen LogP contribution in [0.4, 0.5) is 29.1 Å². The van der Waals surface area contributed by atoms with Gasteiger partial charge in [-0.2, -0.15) is 0 Å². The number of nitrogens with zero attached hydrogens (tertiary/aromatic N) is 10. The lowest BCUT2D eigenvalue weighted by atomic mass is 9.87. The molecule has 19 rings (SSSR count). The molecule has 5 aromatic heterocycles. The van der Waals surface area contributed by atoms with Crippen LogP contribution in [0.25, 0.3) is 128 Å². The fourth-order valence-corrected chi connectivity index (χ4v) is 15.9. The third-order valence-corrected chi connectivity index (χ3v) is 24.0. The normalized spacial score (nSPS) is 11.9. The van der Waals surface area contributed by atoms with Crippen molar-refractivity contribution in [1.29, 1.82) is 0 Å². The van der Waals surface area contributed by atoms with Crippen molar-refractivity contribution < 1.29 is 24.0 Å². The molecule has 5 heterocycles. The van der Waals surface area contributed by atoms with Gasteiger partial charge < -0.3 is 26.6 Å². The number of hydrogen-bond donors (Lipinski definition) is 5. The van der Waals surface area contributed by atoms with E-state index in [-0.39, 0.29) is 41.9 Å². The SMILES string of the molecule is CC(=O)Nc1ncc(-c2ccccc2)nc1/C=C/c1ccccc1.CCC(C)C(=O)Nc1ncc(-c2ccccc2)nc1/C=C/c1ccccc1.O=C(CC1CCCCC1)Nc1ncc(-c2ccccc2)nc1/C=C/c1ccccc1.O=C(CCCc1ccccc1)Nc1ncc(-c2ccccc2)nc1/C=C/c1ccccc1.O=C(Cc1ccc2ccccc2c1)Nc1ncc(-c2ccccc2)nc1/C=C/c1ccccc1. The number of aryl methyl sites for hydroxylation is 1. The topological polar surface area (TPSA) is 274 Å². The quantitative estimate of drug-likeness (QED) is 0.0280. The van der Waals surface area contributed by atoms with Crippen molar-refractivity contribution >= 4 is 130 Å². The van der Waals surface area contributed by atoms with E-state index in [0.717, 1.165) is 133 Å². The highest BCUT2D eigenvalue weighted by molar-refractivity contribution is 5.97. The van der Waals surface area contributed by atoms with Crippen molar-refractivity contribution in [1.82, 2.24) is 49.8 Å². The molecule has 1 aliphatic carbocycles. The number of nitrogens with one attached hydrogen (secondary N) is 5. The summed E-state index contributed by atoms with van der Waals surface area (Å²) in [6.45, 7) is 5.35. The molecule has 1 aliphatic rings. The molecule has 1 fully saturated rings. The lowest BCUT2D eigenvalue weighted by molar-refractivity contribution is -0.119. The Kier molecular flexibility index (Phi) is 38.6. The molecule has 0 aliphatic heterocycles. The Morgan fingerprint density at radius 3 is 0.912 bits per heavy atom. The van der Waals surface area contributed by atoms with Gasteiger partial charge in [0.05, 0.1) is 65.9 Å². The maximum absolute atomic E-state index is 12.9. The van der Waals surface area contributed by atoms with Gasteiger partial charge in [0.1, 0.15) is 28.5 Å². The molecule has 0 spiro atoms. The van der Waals surface area contributed by atoms with Gasteiger partial charge in [-0.25, -0.2) is 49.8 Å². The van der Waals surface area contributed by atoms with E-state index in [2.05, 4.69) is 86.8 Å². The Bertz CT molecular complexity index is 7460. The van der Waals surface area contributed by atoms with E-state index in [1.54, 1.807) is 31.0 Å². The van der Waals surface area contributed by atoms with E-state index >= 15 is 0 Å². The fraction of sp³-hybridized carbons (Fsp3) is 0.126. The summed E-state index contributed by atoms with van der Waals surface area (Å²) < 4.78 is 0. The second-order valence-electron chi connectivity index (χ2n) is 35.0. The minimum Gasteiger partial charge on any atom is -0.309 e. The molecular weight excluding hydrogens is 1820 g/mol. The van der Waals surface area contributed by atoms with Crippen molar-refractivity contribution in [2.45, 2.75) is 91.4 Å². The first-order valence-electron chi connectivity index (χ1n) is 49.5. The van der Waals surface area contributed by atoms with Crippen LogP contribution in [0.5, 0.6) is 0 Å². The summed E-state index contributed by atoms with van der Waals surface area (Å²) in [7, 11) is 0. The van der Waals surface area contributed by atoms with E-state index in [1.807, 2.05) is 420 Å². The molecule has 5 N–H and O–H groups in total. The van der Waals surface area contributed by atoms with Gasteiger partial charge in [-0.1, -0.05) is 440 Å². The molecule has 20 heteroatoms. The number of carbonyl (C=O) groups is 5. The number of fused-ring (bicyclic) bond motifs is 1. The second kappa shape index (κ2) is 55.1. The number of amides is 5. The number of hydrogen-bond acceptors (Lipinski definition) is 15. The maximum atomic E-state index is 12.9. The highest BCUT2D eigenvalue weighted by Crippen LogP contribution is 2.32. The summed E-state index contributed by atoms with van der Waals surface area (Å²) in [6, 6.07) is 124. The van der Waals surface area contributed by atoms with Crippen molar-refractivity contribution in [2.24, 2.45) is 11.8 Å². The van der Waals surface area contributed by atoms with Gasteiger partial charge in [0, 0.05) is 53.5 Å². The van der Waals surface area contributed by atoms with Gasteiger partial charge in [-0.05, 0) is 118 Å². The predicted molar refractivity (Wildman–Crippen MR) is 601 cm³/mol. The highest BCUT2D eigenvalue weighted by atomic mass is 16.2. The average Bonchev–Trinajstić information content (AvgIpc) is 0.830. The van der Waals surface area contributed by atoms with E-state index in [9.17, 15) is 24.0 Å². The molecule has 728 valence electrons. The first kappa shape index (κ1) is 103. The molecule has 0 radical (unpaired) electrons. The minimum atomic E-state index is -0.175. The first-order valence-corrected chi connectivity index (χ1v) is 49.5. The lowest BCUT2D eigenvalue weighted by Crippen LogP contribution is -2.21. The first-order chi connectivity index (χ1) is 72.2. The molecule has 0 saturated heterocycles. The van der Waals surface area contributed by atoms with E-state index in [4.69, 9.17) is 19.9 Å². The number of rotatable bonds is 30. The molecule has 147 heavy (non-hydrogen) atoms. The molecule has 20 nitrogen and oxygen atoms in total. The van der Waals surface area contributed by atoms with Gasteiger partial charge in [0.25, 0.3) is 0 Å². The molecular formula is C127H115N15O5. The van der Waals surface area contributed by atoms with E-state index < -0.39 is 0 Å². The Hall–Kier alpha value is -18.4. The molecule has 0 bridgehead atoms. The summed E-state index contributed by atoms with van der Waals surface area (Å²) >= 11 is 0. The van der Waals surface area contributed by atoms with Gasteiger partial charge in [-0.3, -0.25) is 24.0 Å². The smallest absolute Gasteiger partial charge is 0.230 e. The highest BCUT2D eigenvalue weighted by Gasteiger charge is 2.22. The van der Waals surface area contributed by atoms with Gasteiger partial charge >= 0.3 is 0 Å². The number of carbonyl (C=O) groups excluding carboxylic acids is 5. The van der Waals surface area contributed by atoms with Gasteiger partial charge in [0.15, 0.2) is 29.1 Å². The second-order valence-corrected chi connectivity index (χ2v) is 35.0. The Morgan fingerprint density at radius 2 is 0.585 bits per heavy atom. The van der Waals surface area contributed by atoms with Crippen molar-refractivity contribution in [3.8, 4) is 56.3 Å². The maximum Gasteiger partial charge on any atom is 0.230 e. The van der Waals surface area contributed by atoms with Crippen LogP contribution in [0.1, 0.15) is 146 Å². The third kappa shape index (κ3) is 32.8. The van der Waals surface area contributed by atoms with Crippen LogP contribution in [0.3, 0.4) is 0 Å². The summed E-state index contributed by atoms with van der Waals surface area (Å²) in [6.07, 6.45) is 37.5. The van der Waals surface area contributed by atoms with Crippen LogP contribution in [0.15, 0.2) is 407 Å². The van der Waals surface area contributed by atoms with Crippen LogP contribution in [-0.4, -0.2) is 79.4 Å². The summed E-state index contributed by atoms with van der Waals surface area (Å²) in [5, 5.41) is 16.8. The van der Waals surface area contributed by atoms with Crippen LogP contribution in [-0.2, 0) is 36.8 Å².